The second kappa shape index (κ2) is 5.24. The zero-order valence-corrected chi connectivity index (χ0v) is 10.6. The Hall–Kier alpha value is -2.51. The van der Waals surface area contributed by atoms with E-state index < -0.39 is 28.4 Å². The second-order valence-corrected chi connectivity index (χ2v) is 4.42. The van der Waals surface area contributed by atoms with Gasteiger partial charge in [-0.3, -0.25) is 19.7 Å². The maximum Gasteiger partial charge on any atom is 0.273 e. The molecule has 1 fully saturated rings. The van der Waals surface area contributed by atoms with Gasteiger partial charge in [0.25, 0.3) is 11.6 Å². The van der Waals surface area contributed by atoms with Crippen molar-refractivity contribution in [2.45, 2.75) is 13.0 Å². The van der Waals surface area contributed by atoms with E-state index in [0.717, 1.165) is 18.2 Å². The van der Waals surface area contributed by atoms with Crippen LogP contribution in [0.15, 0.2) is 18.2 Å². The zero-order valence-electron chi connectivity index (χ0n) is 10.6. The minimum Gasteiger partial charge on any atom is -0.353 e. The summed E-state index contributed by atoms with van der Waals surface area (Å²) >= 11 is 0. The van der Waals surface area contributed by atoms with Gasteiger partial charge in [-0.2, -0.15) is 0 Å². The van der Waals surface area contributed by atoms with Gasteiger partial charge in [-0.1, -0.05) is 0 Å². The van der Waals surface area contributed by atoms with Gasteiger partial charge in [-0.05, 0) is 13.0 Å². The Kier molecular flexibility index (Phi) is 3.64. The Morgan fingerprint density at radius 2 is 2.20 bits per heavy atom. The van der Waals surface area contributed by atoms with Crippen molar-refractivity contribution in [3.63, 3.8) is 0 Å². The maximum atomic E-state index is 13.3. The van der Waals surface area contributed by atoms with Crippen molar-refractivity contribution in [1.82, 2.24) is 10.2 Å². The van der Waals surface area contributed by atoms with Crippen molar-refractivity contribution in [2.75, 3.05) is 13.1 Å². The van der Waals surface area contributed by atoms with Crippen LogP contribution in [0.3, 0.4) is 0 Å². The van der Waals surface area contributed by atoms with E-state index in [-0.39, 0.29) is 18.0 Å². The summed E-state index contributed by atoms with van der Waals surface area (Å²) in [6, 6.07) is 1.97. The molecule has 1 aliphatic rings. The van der Waals surface area contributed by atoms with Gasteiger partial charge in [0, 0.05) is 24.7 Å². The zero-order chi connectivity index (χ0) is 14.9. The number of nitrogens with one attached hydrogen (secondary N) is 1. The van der Waals surface area contributed by atoms with E-state index in [1.54, 1.807) is 6.92 Å². The van der Waals surface area contributed by atoms with Crippen LogP contribution in [0.2, 0.25) is 0 Å². The number of rotatable bonds is 2. The topological polar surface area (TPSA) is 92.6 Å². The van der Waals surface area contributed by atoms with Gasteiger partial charge in [-0.15, -0.1) is 0 Å². The molecule has 0 saturated carbocycles. The summed E-state index contributed by atoms with van der Waals surface area (Å²) in [5.41, 5.74) is -0.638. The number of non-ortho nitro benzene ring substituents is 1. The van der Waals surface area contributed by atoms with Gasteiger partial charge >= 0.3 is 0 Å². The first kappa shape index (κ1) is 13.9. The van der Waals surface area contributed by atoms with E-state index >= 15 is 0 Å². The lowest BCUT2D eigenvalue weighted by molar-refractivity contribution is -0.385. The summed E-state index contributed by atoms with van der Waals surface area (Å²) in [5.74, 6) is -1.78. The van der Waals surface area contributed by atoms with E-state index in [1.165, 1.54) is 4.90 Å². The van der Waals surface area contributed by atoms with Crippen molar-refractivity contribution in [3.8, 4) is 0 Å². The monoisotopic (exact) mass is 281 g/mol. The standard InChI is InChI=1S/C12H12FN3O4/c1-7-11(17)14-2-3-15(7)12(18)8-4-9(13)6-10(5-8)16(19)20/h4-7H,2-3H2,1H3,(H,14,17). The van der Waals surface area contributed by atoms with Crippen LogP contribution in [0.5, 0.6) is 0 Å². The van der Waals surface area contributed by atoms with Crippen LogP contribution in [0.25, 0.3) is 0 Å². The molecule has 2 amide bonds. The fourth-order valence-corrected chi connectivity index (χ4v) is 2.03. The third-order valence-electron chi connectivity index (χ3n) is 3.10. The molecule has 1 saturated heterocycles. The molecule has 8 heteroatoms. The molecule has 1 aliphatic heterocycles. The number of amides is 2. The molecule has 1 unspecified atom stereocenters. The molecular weight excluding hydrogens is 269 g/mol. The van der Waals surface area contributed by atoms with Gasteiger partial charge in [0.15, 0.2) is 0 Å². The molecule has 0 aliphatic carbocycles. The number of piperazine rings is 1. The fourth-order valence-electron chi connectivity index (χ4n) is 2.03. The SMILES string of the molecule is CC1C(=O)NCCN1C(=O)c1cc(F)cc([N+](=O)[O-])c1. The van der Waals surface area contributed by atoms with Crippen LogP contribution in [-0.4, -0.2) is 40.8 Å². The van der Waals surface area contributed by atoms with E-state index in [0.29, 0.717) is 6.54 Å². The van der Waals surface area contributed by atoms with E-state index in [1.807, 2.05) is 0 Å². The molecule has 1 atom stereocenters. The molecule has 0 aromatic heterocycles. The van der Waals surface area contributed by atoms with Crippen molar-refractivity contribution in [1.29, 1.82) is 0 Å². The van der Waals surface area contributed by atoms with E-state index in [4.69, 9.17) is 0 Å². The molecule has 0 radical (unpaired) electrons. The first-order valence-corrected chi connectivity index (χ1v) is 5.94. The van der Waals surface area contributed by atoms with Gasteiger partial charge < -0.3 is 10.2 Å². The van der Waals surface area contributed by atoms with Crippen molar-refractivity contribution < 1.29 is 18.9 Å². The average Bonchev–Trinajstić information content (AvgIpc) is 2.40. The third kappa shape index (κ3) is 2.58. The van der Waals surface area contributed by atoms with Crippen LogP contribution < -0.4 is 5.32 Å². The van der Waals surface area contributed by atoms with Crippen LogP contribution >= 0.6 is 0 Å². The Morgan fingerprint density at radius 3 is 2.85 bits per heavy atom. The normalized spacial score (nSPS) is 18.6. The highest BCUT2D eigenvalue weighted by Crippen LogP contribution is 2.19. The summed E-state index contributed by atoms with van der Waals surface area (Å²) in [5, 5.41) is 13.3. The highest BCUT2D eigenvalue weighted by atomic mass is 19.1. The number of nitrogens with zero attached hydrogens (tertiary/aromatic N) is 2. The van der Waals surface area contributed by atoms with Crippen molar-refractivity contribution >= 4 is 17.5 Å². The number of carbonyl (C=O) groups excluding carboxylic acids is 2. The summed E-state index contributed by atoms with van der Waals surface area (Å²) in [4.78, 5) is 34.9. The van der Waals surface area contributed by atoms with E-state index in [2.05, 4.69) is 5.32 Å². The Labute approximate surface area is 113 Å². The Bertz CT molecular complexity index is 590. The number of hydrogen-bond acceptors (Lipinski definition) is 4. The number of benzene rings is 1. The van der Waals surface area contributed by atoms with Gasteiger partial charge in [0.2, 0.25) is 5.91 Å². The van der Waals surface area contributed by atoms with Crippen LogP contribution in [0.4, 0.5) is 10.1 Å². The molecule has 20 heavy (non-hydrogen) atoms. The van der Waals surface area contributed by atoms with Crippen LogP contribution in [0, 0.1) is 15.9 Å². The number of nitro groups is 1. The smallest absolute Gasteiger partial charge is 0.273 e. The van der Waals surface area contributed by atoms with Crippen molar-refractivity contribution in [3.05, 3.63) is 39.7 Å². The maximum absolute atomic E-state index is 13.3. The summed E-state index contributed by atoms with van der Waals surface area (Å²) < 4.78 is 13.3. The van der Waals surface area contributed by atoms with Crippen molar-refractivity contribution in [2.24, 2.45) is 0 Å². The predicted molar refractivity (Wildman–Crippen MR) is 66.6 cm³/mol. The second-order valence-electron chi connectivity index (χ2n) is 4.42. The summed E-state index contributed by atoms with van der Waals surface area (Å²) in [6.07, 6.45) is 0. The summed E-state index contributed by atoms with van der Waals surface area (Å²) in [6.45, 7) is 2.11. The lowest BCUT2D eigenvalue weighted by Crippen LogP contribution is -2.55. The Balaban J connectivity index is 2.33. The largest absolute Gasteiger partial charge is 0.353 e. The molecule has 1 aromatic rings. The number of carbonyl (C=O) groups is 2. The van der Waals surface area contributed by atoms with Gasteiger partial charge in [0.1, 0.15) is 11.9 Å². The first-order valence-electron chi connectivity index (χ1n) is 5.94. The third-order valence-corrected chi connectivity index (χ3v) is 3.10. The molecular formula is C12H12FN3O4. The van der Waals surface area contributed by atoms with Crippen LogP contribution in [0.1, 0.15) is 17.3 Å². The predicted octanol–water partition coefficient (Wildman–Crippen LogP) is 0.694. The summed E-state index contributed by atoms with van der Waals surface area (Å²) in [7, 11) is 0. The first-order chi connectivity index (χ1) is 9.40. The van der Waals surface area contributed by atoms with Gasteiger partial charge in [0.05, 0.1) is 11.0 Å². The average molecular weight is 281 g/mol. The molecule has 1 heterocycles. The highest BCUT2D eigenvalue weighted by Gasteiger charge is 2.30. The molecule has 7 nitrogen and oxygen atoms in total. The minimum absolute atomic E-state index is 0.141. The minimum atomic E-state index is -0.864. The Morgan fingerprint density at radius 1 is 1.50 bits per heavy atom. The van der Waals surface area contributed by atoms with Gasteiger partial charge in [-0.25, -0.2) is 4.39 Å². The lowest BCUT2D eigenvalue weighted by atomic mass is 10.1. The molecule has 1 aromatic carbocycles. The number of halogens is 1. The quantitative estimate of drug-likeness (QED) is 0.637. The molecule has 1 N–H and O–H groups in total. The molecule has 106 valence electrons. The molecule has 0 spiro atoms. The highest BCUT2D eigenvalue weighted by molar-refractivity contribution is 5.98. The molecule has 2 rings (SSSR count). The number of hydrogen-bond donors (Lipinski definition) is 1. The molecule has 0 bridgehead atoms. The number of nitro benzene ring substituents is 1. The van der Waals surface area contributed by atoms with E-state index in [9.17, 15) is 24.1 Å². The lowest BCUT2D eigenvalue weighted by Gasteiger charge is -2.32. The fraction of sp³-hybridized carbons (Fsp3) is 0.333. The van der Waals surface area contributed by atoms with Crippen LogP contribution in [-0.2, 0) is 4.79 Å².